The van der Waals surface area contributed by atoms with E-state index in [9.17, 15) is 14.3 Å². The average molecular weight is 319 g/mol. The van der Waals surface area contributed by atoms with Crippen molar-refractivity contribution in [1.29, 1.82) is 0 Å². The number of carbonyl (C=O) groups is 1. The molecule has 0 saturated heterocycles. The Morgan fingerprint density at radius 2 is 2.09 bits per heavy atom. The number of rotatable bonds is 6. The lowest BCUT2D eigenvalue weighted by atomic mass is 10.1. The van der Waals surface area contributed by atoms with Gasteiger partial charge in [-0.2, -0.15) is 5.10 Å². The summed E-state index contributed by atoms with van der Waals surface area (Å²) in [6.45, 7) is -0.00253. The molecular formula is C16H18FN3O3. The third-order valence-corrected chi connectivity index (χ3v) is 3.95. The second-order valence-electron chi connectivity index (χ2n) is 5.71. The van der Waals surface area contributed by atoms with E-state index in [1.807, 2.05) is 0 Å². The number of nitrogens with one attached hydrogen (secondary N) is 1. The van der Waals surface area contributed by atoms with Gasteiger partial charge in [-0.15, -0.1) is 0 Å². The molecule has 1 atom stereocenters. The van der Waals surface area contributed by atoms with Gasteiger partial charge >= 0.3 is 0 Å². The standard InChI is InChI=1S/C16H18FN3O3/c17-11-3-5-12(6-4-11)20-9-14(22)15(19-20)16(23)18-13(7-8-21)10-1-2-10/h3-6,9-10,13,21-22H,1-2,7-8H2,(H,18,23). The molecule has 23 heavy (non-hydrogen) atoms. The quantitative estimate of drug-likeness (QED) is 0.755. The first-order chi connectivity index (χ1) is 11.1. The monoisotopic (exact) mass is 319 g/mol. The highest BCUT2D eigenvalue weighted by Crippen LogP contribution is 2.34. The smallest absolute Gasteiger partial charge is 0.275 e. The predicted molar refractivity (Wildman–Crippen MR) is 80.9 cm³/mol. The lowest BCUT2D eigenvalue weighted by molar-refractivity contribution is 0.0916. The van der Waals surface area contributed by atoms with Crippen molar-refractivity contribution in [3.05, 3.63) is 42.0 Å². The Labute approximate surface area is 132 Å². The average Bonchev–Trinajstić information content (AvgIpc) is 3.30. The Hall–Kier alpha value is -2.41. The molecule has 0 spiro atoms. The highest BCUT2D eigenvalue weighted by atomic mass is 19.1. The molecule has 0 bridgehead atoms. The molecule has 1 aliphatic rings. The van der Waals surface area contributed by atoms with E-state index < -0.39 is 5.91 Å². The number of hydrogen-bond acceptors (Lipinski definition) is 4. The summed E-state index contributed by atoms with van der Waals surface area (Å²) >= 11 is 0. The highest BCUT2D eigenvalue weighted by molar-refractivity contribution is 5.95. The fourth-order valence-electron chi connectivity index (χ4n) is 2.55. The molecule has 6 nitrogen and oxygen atoms in total. The van der Waals surface area contributed by atoms with E-state index in [1.165, 1.54) is 35.1 Å². The van der Waals surface area contributed by atoms with Gasteiger partial charge in [0.25, 0.3) is 5.91 Å². The van der Waals surface area contributed by atoms with Crippen LogP contribution in [0, 0.1) is 11.7 Å². The van der Waals surface area contributed by atoms with Crippen LogP contribution < -0.4 is 5.32 Å². The van der Waals surface area contributed by atoms with Crippen LogP contribution in [0.1, 0.15) is 29.8 Å². The van der Waals surface area contributed by atoms with Gasteiger partial charge in [-0.25, -0.2) is 9.07 Å². The zero-order valence-electron chi connectivity index (χ0n) is 12.4. The fraction of sp³-hybridized carbons (Fsp3) is 0.375. The summed E-state index contributed by atoms with van der Waals surface area (Å²) < 4.78 is 14.3. The van der Waals surface area contributed by atoms with Crippen molar-refractivity contribution in [2.45, 2.75) is 25.3 Å². The van der Waals surface area contributed by atoms with Gasteiger partial charge in [-0.05, 0) is 49.4 Å². The fourth-order valence-corrected chi connectivity index (χ4v) is 2.55. The minimum Gasteiger partial charge on any atom is -0.504 e. The van der Waals surface area contributed by atoms with Crippen LogP contribution in [0.2, 0.25) is 0 Å². The first-order valence-corrected chi connectivity index (χ1v) is 7.55. The maximum absolute atomic E-state index is 12.9. The summed E-state index contributed by atoms with van der Waals surface area (Å²) in [5, 5.41) is 25.9. The second kappa shape index (κ2) is 6.37. The largest absolute Gasteiger partial charge is 0.504 e. The molecule has 7 heteroatoms. The molecule has 1 heterocycles. The molecule has 2 aromatic rings. The van der Waals surface area contributed by atoms with E-state index in [4.69, 9.17) is 5.11 Å². The van der Waals surface area contributed by atoms with E-state index in [1.54, 1.807) is 0 Å². The molecular weight excluding hydrogens is 301 g/mol. The van der Waals surface area contributed by atoms with Crippen LogP contribution in [0.25, 0.3) is 5.69 Å². The van der Waals surface area contributed by atoms with Crippen molar-refractivity contribution in [3.63, 3.8) is 0 Å². The molecule has 1 saturated carbocycles. The SMILES string of the molecule is O=C(NC(CCO)C1CC1)c1nn(-c2ccc(F)cc2)cc1O. The molecule has 122 valence electrons. The Morgan fingerprint density at radius 3 is 2.70 bits per heavy atom. The van der Waals surface area contributed by atoms with Crippen LogP contribution in [-0.2, 0) is 0 Å². The summed E-state index contributed by atoms with van der Waals surface area (Å²) in [6, 6.07) is 5.45. The van der Waals surface area contributed by atoms with E-state index >= 15 is 0 Å². The Morgan fingerprint density at radius 1 is 1.39 bits per heavy atom. The number of aromatic hydroxyl groups is 1. The van der Waals surface area contributed by atoms with Gasteiger partial charge in [-0.1, -0.05) is 0 Å². The van der Waals surface area contributed by atoms with Gasteiger partial charge in [0.1, 0.15) is 5.82 Å². The van der Waals surface area contributed by atoms with Crippen molar-refractivity contribution in [1.82, 2.24) is 15.1 Å². The zero-order valence-corrected chi connectivity index (χ0v) is 12.4. The van der Waals surface area contributed by atoms with Crippen molar-refractivity contribution in [2.24, 2.45) is 5.92 Å². The molecule has 1 aliphatic carbocycles. The lowest BCUT2D eigenvalue weighted by Crippen LogP contribution is -2.37. The van der Waals surface area contributed by atoms with Crippen LogP contribution in [0.4, 0.5) is 4.39 Å². The molecule has 3 N–H and O–H groups in total. The third kappa shape index (κ3) is 3.50. The summed E-state index contributed by atoms with van der Waals surface area (Å²) in [4.78, 5) is 12.3. The van der Waals surface area contributed by atoms with Crippen LogP contribution in [0.5, 0.6) is 5.75 Å². The maximum atomic E-state index is 12.9. The summed E-state index contributed by atoms with van der Waals surface area (Å²) in [6.07, 6.45) is 3.85. The number of carbonyl (C=O) groups excluding carboxylic acids is 1. The summed E-state index contributed by atoms with van der Waals surface area (Å²) in [5.41, 5.74) is 0.452. The molecule has 1 aromatic carbocycles. The van der Waals surface area contributed by atoms with Gasteiger partial charge in [0, 0.05) is 12.6 Å². The van der Waals surface area contributed by atoms with Gasteiger partial charge < -0.3 is 15.5 Å². The van der Waals surface area contributed by atoms with Gasteiger partial charge in [-0.3, -0.25) is 4.79 Å². The number of aliphatic hydroxyl groups excluding tert-OH is 1. The van der Waals surface area contributed by atoms with E-state index in [0.29, 0.717) is 18.0 Å². The normalized spacial score (nSPS) is 15.4. The van der Waals surface area contributed by atoms with Crippen molar-refractivity contribution < 1.29 is 19.4 Å². The second-order valence-corrected chi connectivity index (χ2v) is 5.71. The third-order valence-electron chi connectivity index (χ3n) is 3.95. The number of nitrogens with zero attached hydrogens (tertiary/aromatic N) is 2. The molecule has 0 aliphatic heterocycles. The first kappa shape index (κ1) is 15.5. The van der Waals surface area contributed by atoms with Crippen LogP contribution in [0.15, 0.2) is 30.5 Å². The Kier molecular flexibility index (Phi) is 4.29. The van der Waals surface area contributed by atoms with Gasteiger partial charge in [0.15, 0.2) is 11.4 Å². The first-order valence-electron chi connectivity index (χ1n) is 7.55. The summed E-state index contributed by atoms with van der Waals surface area (Å²) in [7, 11) is 0. The van der Waals surface area contributed by atoms with Crippen molar-refractivity contribution in [3.8, 4) is 11.4 Å². The van der Waals surface area contributed by atoms with E-state index in [-0.39, 0.29) is 29.9 Å². The number of benzene rings is 1. The lowest BCUT2D eigenvalue weighted by Gasteiger charge is -2.16. The minimum atomic E-state index is -0.478. The van der Waals surface area contributed by atoms with Gasteiger partial charge in [0.2, 0.25) is 0 Å². The Balaban J connectivity index is 1.77. The highest BCUT2D eigenvalue weighted by Gasteiger charge is 2.33. The van der Waals surface area contributed by atoms with Crippen LogP contribution in [0.3, 0.4) is 0 Å². The molecule has 1 unspecified atom stereocenters. The van der Waals surface area contributed by atoms with Gasteiger partial charge in [0.05, 0.1) is 11.9 Å². The number of aromatic nitrogens is 2. The predicted octanol–water partition coefficient (Wildman–Crippen LogP) is 1.61. The van der Waals surface area contributed by atoms with E-state index in [2.05, 4.69) is 10.4 Å². The number of hydrogen-bond donors (Lipinski definition) is 3. The summed E-state index contributed by atoms with van der Waals surface area (Å²) in [5.74, 6) is -0.717. The van der Waals surface area contributed by atoms with Crippen LogP contribution >= 0.6 is 0 Å². The number of amides is 1. The maximum Gasteiger partial charge on any atom is 0.275 e. The van der Waals surface area contributed by atoms with Crippen molar-refractivity contribution >= 4 is 5.91 Å². The van der Waals surface area contributed by atoms with Crippen molar-refractivity contribution in [2.75, 3.05) is 6.61 Å². The topological polar surface area (TPSA) is 87.4 Å². The van der Waals surface area contributed by atoms with E-state index in [0.717, 1.165) is 12.8 Å². The molecule has 1 aromatic heterocycles. The molecule has 3 rings (SSSR count). The minimum absolute atomic E-state index is 0.00253. The number of halogens is 1. The molecule has 1 fully saturated rings. The molecule has 1 amide bonds. The zero-order chi connectivity index (χ0) is 16.4. The Bertz CT molecular complexity index is 695. The number of aliphatic hydroxyl groups is 1. The molecule has 0 radical (unpaired) electrons. The van der Waals surface area contributed by atoms with Crippen LogP contribution in [-0.4, -0.2) is 38.5 Å².